The van der Waals surface area contributed by atoms with Crippen molar-refractivity contribution >= 4 is 43.5 Å². The number of amides is 2. The molecule has 226 valence electrons. The molecule has 12 heteroatoms. The first-order valence-electron chi connectivity index (χ1n) is 13.2. The first kappa shape index (κ1) is 33.1. The van der Waals surface area contributed by atoms with Crippen LogP contribution in [0, 0.1) is 5.92 Å². The Bertz CT molecular complexity index is 1470. The fourth-order valence-electron chi connectivity index (χ4n) is 4.21. The standard InChI is InChI=1S/C30H33BrF3N3O4S/c1-21(2)18-35-29(39)27(16-22-8-5-4-6-9-22)36(19-23-12-14-25(31)15-13-23)28(38)20-37(42(3,40)41)26-11-7-10-24(17-26)30(32,33)34/h4-15,17,21,27H,16,18-20H2,1-3H3,(H,35,39)/t27-/m1/s1. The number of hydrogen-bond acceptors (Lipinski definition) is 4. The van der Waals surface area contributed by atoms with Crippen molar-refractivity contribution in [1.29, 1.82) is 0 Å². The summed E-state index contributed by atoms with van der Waals surface area (Å²) in [6, 6.07) is 18.9. The lowest BCUT2D eigenvalue weighted by Gasteiger charge is -2.33. The zero-order chi connectivity index (χ0) is 31.1. The Kier molecular flexibility index (Phi) is 11.2. The molecule has 7 nitrogen and oxygen atoms in total. The van der Waals surface area contributed by atoms with Gasteiger partial charge in [0.2, 0.25) is 21.8 Å². The van der Waals surface area contributed by atoms with Crippen LogP contribution in [0.25, 0.3) is 0 Å². The van der Waals surface area contributed by atoms with Gasteiger partial charge in [0.25, 0.3) is 0 Å². The summed E-state index contributed by atoms with van der Waals surface area (Å²) in [6.45, 7) is 3.36. The minimum Gasteiger partial charge on any atom is -0.354 e. The van der Waals surface area contributed by atoms with E-state index < -0.39 is 46.2 Å². The number of halogens is 4. The van der Waals surface area contributed by atoms with Crippen LogP contribution in [-0.2, 0) is 38.8 Å². The highest BCUT2D eigenvalue weighted by molar-refractivity contribution is 9.10. The molecule has 2 amide bonds. The predicted molar refractivity (Wildman–Crippen MR) is 160 cm³/mol. The smallest absolute Gasteiger partial charge is 0.354 e. The van der Waals surface area contributed by atoms with E-state index in [0.29, 0.717) is 22.5 Å². The molecule has 0 aliphatic heterocycles. The molecule has 3 aromatic rings. The molecule has 3 aromatic carbocycles. The van der Waals surface area contributed by atoms with E-state index >= 15 is 0 Å². The van der Waals surface area contributed by atoms with Crippen LogP contribution in [0.5, 0.6) is 0 Å². The second-order valence-corrected chi connectivity index (χ2v) is 13.1. The van der Waals surface area contributed by atoms with Crippen LogP contribution in [0.4, 0.5) is 18.9 Å². The highest BCUT2D eigenvalue weighted by atomic mass is 79.9. The average molecular weight is 669 g/mol. The summed E-state index contributed by atoms with van der Waals surface area (Å²) in [5, 5.41) is 2.87. The van der Waals surface area contributed by atoms with Gasteiger partial charge in [-0.2, -0.15) is 13.2 Å². The van der Waals surface area contributed by atoms with Gasteiger partial charge in [-0.15, -0.1) is 0 Å². The summed E-state index contributed by atoms with van der Waals surface area (Å²) < 4.78 is 67.3. The molecule has 3 rings (SSSR count). The maximum atomic E-state index is 14.0. The van der Waals surface area contributed by atoms with Crippen LogP contribution >= 0.6 is 15.9 Å². The third kappa shape index (κ3) is 9.59. The Labute approximate surface area is 252 Å². The number of carbonyl (C=O) groups excluding carboxylic acids is 2. The van der Waals surface area contributed by atoms with Gasteiger partial charge in [0.15, 0.2) is 0 Å². The molecule has 0 saturated heterocycles. The molecule has 0 heterocycles. The van der Waals surface area contributed by atoms with Gasteiger partial charge in [0.1, 0.15) is 12.6 Å². The van der Waals surface area contributed by atoms with Gasteiger partial charge in [0, 0.05) is 24.0 Å². The number of rotatable bonds is 12. The number of carbonyl (C=O) groups is 2. The van der Waals surface area contributed by atoms with Crippen molar-refractivity contribution in [3.05, 3.63) is 100 Å². The van der Waals surface area contributed by atoms with Crippen LogP contribution in [0.2, 0.25) is 0 Å². The van der Waals surface area contributed by atoms with Gasteiger partial charge >= 0.3 is 6.18 Å². The SMILES string of the molecule is CC(C)CNC(=O)[C@@H](Cc1ccccc1)N(Cc1ccc(Br)cc1)C(=O)CN(c1cccc(C(F)(F)F)c1)S(C)(=O)=O. The fraction of sp³-hybridized carbons (Fsp3) is 0.333. The molecule has 0 unspecified atom stereocenters. The van der Waals surface area contributed by atoms with Gasteiger partial charge in [-0.25, -0.2) is 8.42 Å². The largest absolute Gasteiger partial charge is 0.416 e. The van der Waals surface area contributed by atoms with Crippen molar-refractivity contribution in [2.24, 2.45) is 5.92 Å². The highest BCUT2D eigenvalue weighted by Gasteiger charge is 2.35. The van der Waals surface area contributed by atoms with Crippen molar-refractivity contribution in [2.45, 2.75) is 39.0 Å². The van der Waals surface area contributed by atoms with E-state index in [-0.39, 0.29) is 24.6 Å². The first-order chi connectivity index (χ1) is 19.6. The lowest BCUT2D eigenvalue weighted by Crippen LogP contribution is -2.53. The monoisotopic (exact) mass is 667 g/mol. The highest BCUT2D eigenvalue weighted by Crippen LogP contribution is 2.32. The normalized spacial score (nSPS) is 12.6. The van der Waals surface area contributed by atoms with Gasteiger partial charge < -0.3 is 10.2 Å². The van der Waals surface area contributed by atoms with Crippen molar-refractivity contribution in [2.75, 3.05) is 23.7 Å². The Hall–Kier alpha value is -3.38. The molecule has 0 spiro atoms. The number of anilines is 1. The summed E-state index contributed by atoms with van der Waals surface area (Å²) in [6.07, 6.45) is -3.77. The van der Waals surface area contributed by atoms with Crippen molar-refractivity contribution in [3.8, 4) is 0 Å². The fourth-order valence-corrected chi connectivity index (χ4v) is 5.32. The molecule has 0 radical (unpaired) electrons. The number of sulfonamides is 1. The average Bonchev–Trinajstić information content (AvgIpc) is 2.92. The molecule has 1 N–H and O–H groups in total. The first-order valence-corrected chi connectivity index (χ1v) is 15.8. The van der Waals surface area contributed by atoms with Crippen LogP contribution in [0.1, 0.15) is 30.5 Å². The Morgan fingerprint density at radius 1 is 0.929 bits per heavy atom. The number of benzene rings is 3. The predicted octanol–water partition coefficient (Wildman–Crippen LogP) is 5.65. The van der Waals surface area contributed by atoms with E-state index in [0.717, 1.165) is 28.4 Å². The number of nitrogens with zero attached hydrogens (tertiary/aromatic N) is 2. The Morgan fingerprint density at radius 3 is 2.14 bits per heavy atom. The minimum absolute atomic E-state index is 0.0428. The molecule has 42 heavy (non-hydrogen) atoms. The Morgan fingerprint density at radius 2 is 1.57 bits per heavy atom. The minimum atomic E-state index is -4.72. The lowest BCUT2D eigenvalue weighted by molar-refractivity contribution is -0.140. The molecule has 0 fully saturated rings. The van der Waals surface area contributed by atoms with E-state index in [1.54, 1.807) is 36.4 Å². The number of alkyl halides is 3. The van der Waals surface area contributed by atoms with Gasteiger partial charge in [0.05, 0.1) is 17.5 Å². The third-order valence-electron chi connectivity index (χ3n) is 6.36. The third-order valence-corrected chi connectivity index (χ3v) is 8.03. The van der Waals surface area contributed by atoms with Crippen LogP contribution in [-0.4, -0.2) is 50.5 Å². The summed E-state index contributed by atoms with van der Waals surface area (Å²) in [5.74, 6) is -1.05. The molecule has 0 aromatic heterocycles. The van der Waals surface area contributed by atoms with Gasteiger partial charge in [-0.1, -0.05) is 78.3 Å². The molecule has 0 saturated carbocycles. The number of hydrogen-bond donors (Lipinski definition) is 1. The maximum absolute atomic E-state index is 14.0. The van der Waals surface area contributed by atoms with Crippen LogP contribution < -0.4 is 9.62 Å². The topological polar surface area (TPSA) is 86.8 Å². The lowest BCUT2D eigenvalue weighted by atomic mass is 10.0. The summed E-state index contributed by atoms with van der Waals surface area (Å²) in [4.78, 5) is 28.9. The van der Waals surface area contributed by atoms with E-state index in [9.17, 15) is 31.2 Å². The van der Waals surface area contributed by atoms with Crippen LogP contribution in [0.3, 0.4) is 0 Å². The maximum Gasteiger partial charge on any atom is 0.416 e. The van der Waals surface area contributed by atoms with Crippen LogP contribution in [0.15, 0.2) is 83.3 Å². The Balaban J connectivity index is 2.07. The van der Waals surface area contributed by atoms with Crippen molar-refractivity contribution in [1.82, 2.24) is 10.2 Å². The quantitative estimate of drug-likeness (QED) is 0.271. The zero-order valence-electron chi connectivity index (χ0n) is 23.4. The summed E-state index contributed by atoms with van der Waals surface area (Å²) in [7, 11) is -4.20. The van der Waals surface area contributed by atoms with Crippen molar-refractivity contribution in [3.63, 3.8) is 0 Å². The second-order valence-electron chi connectivity index (χ2n) is 10.3. The molecule has 0 aliphatic carbocycles. The zero-order valence-corrected chi connectivity index (χ0v) is 25.8. The summed E-state index contributed by atoms with van der Waals surface area (Å²) in [5.41, 5.74) is 0.0795. The van der Waals surface area contributed by atoms with Crippen molar-refractivity contribution < 1.29 is 31.2 Å². The number of nitrogens with one attached hydrogen (secondary N) is 1. The van der Waals surface area contributed by atoms with E-state index in [2.05, 4.69) is 21.2 Å². The van der Waals surface area contributed by atoms with E-state index in [1.165, 1.54) is 11.0 Å². The summed E-state index contributed by atoms with van der Waals surface area (Å²) >= 11 is 3.37. The van der Waals surface area contributed by atoms with Gasteiger partial charge in [-0.05, 0) is 47.4 Å². The molecule has 1 atom stereocenters. The second kappa shape index (κ2) is 14.2. The van der Waals surface area contributed by atoms with E-state index in [1.807, 2.05) is 32.0 Å². The molecule has 0 bridgehead atoms. The van der Waals surface area contributed by atoms with E-state index in [4.69, 9.17) is 0 Å². The molecular formula is C30H33BrF3N3O4S. The molecule has 0 aliphatic rings. The molecular weight excluding hydrogens is 635 g/mol. The van der Waals surface area contributed by atoms with Gasteiger partial charge in [-0.3, -0.25) is 13.9 Å².